The number of nitrogens with one attached hydrogen (secondary N) is 1. The van der Waals surface area contributed by atoms with Gasteiger partial charge in [-0.2, -0.15) is 0 Å². The lowest BCUT2D eigenvalue weighted by molar-refractivity contribution is -0.0359. The normalized spacial score (nSPS) is 20.1. The fourth-order valence-electron chi connectivity index (χ4n) is 1.39. The first-order valence-corrected chi connectivity index (χ1v) is 5.37. The van der Waals surface area contributed by atoms with Crippen molar-refractivity contribution < 1.29 is 9.47 Å². The van der Waals surface area contributed by atoms with Crippen LogP contribution in [0.5, 0.6) is 0 Å². The number of amidine groups is 1. The molecule has 5 heteroatoms. The fraction of sp³-hybridized carbons (Fsp3) is 0.727. The largest absolute Gasteiger partial charge is 0.384 e. The van der Waals surface area contributed by atoms with E-state index < -0.39 is 0 Å². The molecule has 3 N–H and O–H groups in total. The lowest BCUT2D eigenvalue weighted by atomic mass is 10.1. The van der Waals surface area contributed by atoms with Crippen molar-refractivity contribution in [2.45, 2.75) is 25.6 Å². The molecule has 0 spiro atoms. The van der Waals surface area contributed by atoms with Crippen molar-refractivity contribution in [2.24, 2.45) is 5.73 Å². The molecule has 1 aliphatic heterocycles. The van der Waals surface area contributed by atoms with Gasteiger partial charge in [-0.1, -0.05) is 0 Å². The summed E-state index contributed by atoms with van der Waals surface area (Å²) in [6.45, 7) is 6.28. The summed E-state index contributed by atoms with van der Waals surface area (Å²) in [5, 5.41) is 7.08. The Hall–Kier alpha value is -1.07. The van der Waals surface area contributed by atoms with E-state index in [9.17, 15) is 0 Å². The Kier molecular flexibility index (Phi) is 4.32. The molecule has 0 bridgehead atoms. The van der Waals surface area contributed by atoms with Crippen molar-refractivity contribution in [3.63, 3.8) is 0 Å². The Morgan fingerprint density at radius 2 is 2.31 bits per heavy atom. The van der Waals surface area contributed by atoms with Gasteiger partial charge in [0.15, 0.2) is 0 Å². The highest BCUT2D eigenvalue weighted by atomic mass is 16.6. The molecule has 1 fully saturated rings. The highest BCUT2D eigenvalue weighted by Crippen LogP contribution is 2.16. The van der Waals surface area contributed by atoms with Crippen molar-refractivity contribution >= 4 is 5.84 Å². The Labute approximate surface area is 96.7 Å². The minimum atomic E-state index is -0.234. The summed E-state index contributed by atoms with van der Waals surface area (Å²) < 4.78 is 10.8. The molecule has 1 atom stereocenters. The predicted octanol–water partition coefficient (Wildman–Crippen LogP) is 0.562. The van der Waals surface area contributed by atoms with E-state index in [4.69, 9.17) is 20.6 Å². The average molecular weight is 227 g/mol. The first-order chi connectivity index (χ1) is 7.39. The molecule has 92 valence electrons. The number of hydrogen-bond donors (Lipinski definition) is 2. The van der Waals surface area contributed by atoms with E-state index >= 15 is 0 Å². The minimum Gasteiger partial charge on any atom is -0.384 e. The van der Waals surface area contributed by atoms with Crippen LogP contribution in [-0.4, -0.2) is 49.2 Å². The van der Waals surface area contributed by atoms with E-state index in [1.54, 1.807) is 12.3 Å². The Morgan fingerprint density at radius 3 is 2.81 bits per heavy atom. The topological polar surface area (TPSA) is 74.9 Å². The third kappa shape index (κ3) is 5.72. The molecule has 0 aromatic rings. The maximum absolute atomic E-state index is 7.08. The summed E-state index contributed by atoms with van der Waals surface area (Å²) in [5.41, 5.74) is 5.00. The van der Waals surface area contributed by atoms with Crippen LogP contribution in [0.1, 0.15) is 13.8 Å². The summed E-state index contributed by atoms with van der Waals surface area (Å²) in [6, 6.07) is 0. The van der Waals surface area contributed by atoms with E-state index in [0.717, 1.165) is 13.2 Å². The molecule has 1 saturated heterocycles. The molecular weight excluding hydrogens is 206 g/mol. The van der Waals surface area contributed by atoms with Gasteiger partial charge in [0, 0.05) is 19.8 Å². The molecule has 0 saturated carbocycles. The van der Waals surface area contributed by atoms with Crippen LogP contribution in [0.3, 0.4) is 0 Å². The van der Waals surface area contributed by atoms with Crippen LogP contribution >= 0.6 is 0 Å². The highest BCUT2D eigenvalue weighted by molar-refractivity contribution is 5.88. The molecule has 0 amide bonds. The molecule has 1 rings (SSSR count). The van der Waals surface area contributed by atoms with E-state index in [-0.39, 0.29) is 17.5 Å². The zero-order valence-corrected chi connectivity index (χ0v) is 10.2. The van der Waals surface area contributed by atoms with Crippen LogP contribution in [0.4, 0.5) is 0 Å². The van der Waals surface area contributed by atoms with Crippen molar-refractivity contribution in [3.05, 3.63) is 12.3 Å². The minimum absolute atomic E-state index is 0.0527. The van der Waals surface area contributed by atoms with Crippen molar-refractivity contribution in [1.29, 1.82) is 5.41 Å². The van der Waals surface area contributed by atoms with Crippen LogP contribution < -0.4 is 5.73 Å². The lowest BCUT2D eigenvalue weighted by Crippen LogP contribution is -2.37. The second kappa shape index (κ2) is 5.32. The fourth-order valence-corrected chi connectivity index (χ4v) is 1.39. The molecule has 16 heavy (non-hydrogen) atoms. The number of ether oxygens (including phenoxy) is 2. The van der Waals surface area contributed by atoms with Crippen molar-refractivity contribution in [2.75, 3.05) is 26.8 Å². The maximum atomic E-state index is 7.08. The first kappa shape index (κ1) is 13.0. The second-order valence-corrected chi connectivity index (χ2v) is 4.71. The third-order valence-corrected chi connectivity index (χ3v) is 2.20. The van der Waals surface area contributed by atoms with Crippen LogP contribution in [0.25, 0.3) is 0 Å². The van der Waals surface area contributed by atoms with Gasteiger partial charge in [-0.25, -0.2) is 0 Å². The van der Waals surface area contributed by atoms with Gasteiger partial charge in [-0.3, -0.25) is 5.41 Å². The van der Waals surface area contributed by atoms with Gasteiger partial charge in [0.2, 0.25) is 0 Å². The number of rotatable bonds is 7. The molecule has 0 aromatic carbocycles. The number of nitrogens with zero attached hydrogens (tertiary/aromatic N) is 1. The Balaban J connectivity index is 2.28. The van der Waals surface area contributed by atoms with E-state index in [1.807, 2.05) is 25.8 Å². The summed E-state index contributed by atoms with van der Waals surface area (Å²) >= 11 is 0. The summed E-state index contributed by atoms with van der Waals surface area (Å²) in [4.78, 5) is 1.95. The van der Waals surface area contributed by atoms with Gasteiger partial charge >= 0.3 is 0 Å². The predicted molar refractivity (Wildman–Crippen MR) is 63.5 cm³/mol. The highest BCUT2D eigenvalue weighted by Gasteiger charge is 2.27. The summed E-state index contributed by atoms with van der Waals surface area (Å²) in [6.07, 6.45) is 3.62. The smallest absolute Gasteiger partial charge is 0.116 e. The van der Waals surface area contributed by atoms with Gasteiger partial charge in [0.1, 0.15) is 11.9 Å². The van der Waals surface area contributed by atoms with E-state index in [1.165, 1.54) is 0 Å². The summed E-state index contributed by atoms with van der Waals surface area (Å²) in [7, 11) is 1.93. The number of epoxide rings is 1. The van der Waals surface area contributed by atoms with Crippen LogP contribution in [0.2, 0.25) is 0 Å². The lowest BCUT2D eigenvalue weighted by Gasteiger charge is -2.29. The van der Waals surface area contributed by atoms with Gasteiger partial charge < -0.3 is 20.1 Å². The second-order valence-electron chi connectivity index (χ2n) is 4.71. The summed E-state index contributed by atoms with van der Waals surface area (Å²) in [5.74, 6) is 0.0527. The molecule has 1 unspecified atom stereocenters. The molecular formula is C11H21N3O2. The Morgan fingerprint density at radius 1 is 1.69 bits per heavy atom. The molecule has 5 nitrogen and oxygen atoms in total. The van der Waals surface area contributed by atoms with Crippen LogP contribution in [0.15, 0.2) is 12.3 Å². The van der Waals surface area contributed by atoms with E-state index in [2.05, 4.69) is 0 Å². The van der Waals surface area contributed by atoms with Gasteiger partial charge in [-0.15, -0.1) is 0 Å². The molecule has 0 aromatic heterocycles. The molecule has 1 heterocycles. The first-order valence-electron chi connectivity index (χ1n) is 5.37. The van der Waals surface area contributed by atoms with Crippen molar-refractivity contribution in [1.82, 2.24) is 4.90 Å². The quantitative estimate of drug-likeness (QED) is 0.378. The van der Waals surface area contributed by atoms with Crippen LogP contribution in [-0.2, 0) is 9.47 Å². The van der Waals surface area contributed by atoms with E-state index in [0.29, 0.717) is 6.61 Å². The molecule has 1 aliphatic rings. The standard InChI is InChI=1S/C11H21N3O2/c1-11(2,16-7-9-6-15-9)8-14(3)5-4-10(12)13/h4-5,9H,6-8H2,1-3H3,(H3,12,13)/b5-4-. The van der Waals surface area contributed by atoms with Crippen LogP contribution in [0, 0.1) is 5.41 Å². The molecule has 0 aliphatic carbocycles. The number of hydrogen-bond acceptors (Lipinski definition) is 4. The van der Waals surface area contributed by atoms with Gasteiger partial charge in [0.25, 0.3) is 0 Å². The monoisotopic (exact) mass is 227 g/mol. The SMILES string of the molecule is CN(/C=C\C(=N)N)CC(C)(C)OCC1CO1. The number of nitrogens with two attached hydrogens (primary N) is 1. The van der Waals surface area contributed by atoms with Crippen molar-refractivity contribution in [3.8, 4) is 0 Å². The zero-order valence-electron chi connectivity index (χ0n) is 10.2. The van der Waals surface area contributed by atoms with Gasteiger partial charge in [-0.05, 0) is 19.9 Å². The zero-order chi connectivity index (χ0) is 12.2. The Bertz CT molecular complexity index is 272. The third-order valence-electron chi connectivity index (χ3n) is 2.20. The maximum Gasteiger partial charge on any atom is 0.116 e. The van der Waals surface area contributed by atoms with Gasteiger partial charge in [0.05, 0.1) is 18.8 Å². The average Bonchev–Trinajstić information content (AvgIpc) is 2.94. The number of likely N-dealkylation sites (N-methyl/N-ethyl adjacent to an activating group) is 1. The molecule has 0 radical (unpaired) electrons.